The molecule has 1 aliphatic rings. The van der Waals surface area contributed by atoms with Crippen LogP contribution in [0.1, 0.15) is 69.2 Å². The minimum absolute atomic E-state index is 0.0313. The van der Waals surface area contributed by atoms with Crippen LogP contribution in [0.2, 0.25) is 0 Å². The SMILES string of the molecule is CC(C)[C@H](CCN(C[C@H]1CCOC(C)(C)C1)C(=O)c1ccco1)c1ccco1. The Bertz CT molecular complexity index is 718. The van der Waals surface area contributed by atoms with Gasteiger partial charge in [0, 0.05) is 25.6 Å². The van der Waals surface area contributed by atoms with Crippen molar-refractivity contribution in [1.82, 2.24) is 4.90 Å². The predicted molar refractivity (Wildman–Crippen MR) is 108 cm³/mol. The molecule has 5 nitrogen and oxygen atoms in total. The van der Waals surface area contributed by atoms with Crippen LogP contribution in [-0.2, 0) is 4.74 Å². The molecule has 0 spiro atoms. The molecule has 1 amide bonds. The number of hydrogen-bond acceptors (Lipinski definition) is 4. The van der Waals surface area contributed by atoms with Gasteiger partial charge >= 0.3 is 0 Å². The summed E-state index contributed by atoms with van der Waals surface area (Å²) in [5.41, 5.74) is -0.128. The van der Waals surface area contributed by atoms with Crippen LogP contribution in [0.5, 0.6) is 0 Å². The molecule has 5 heteroatoms. The van der Waals surface area contributed by atoms with Gasteiger partial charge in [-0.1, -0.05) is 13.8 Å². The summed E-state index contributed by atoms with van der Waals surface area (Å²) in [6.45, 7) is 10.8. The summed E-state index contributed by atoms with van der Waals surface area (Å²) < 4.78 is 16.9. The van der Waals surface area contributed by atoms with E-state index in [-0.39, 0.29) is 17.4 Å². The van der Waals surface area contributed by atoms with Crippen molar-refractivity contribution in [2.45, 2.75) is 58.5 Å². The fourth-order valence-corrected chi connectivity index (χ4v) is 4.26. The van der Waals surface area contributed by atoms with Gasteiger partial charge in [0.1, 0.15) is 5.76 Å². The Morgan fingerprint density at radius 3 is 2.57 bits per heavy atom. The molecule has 3 rings (SSSR count). The highest BCUT2D eigenvalue weighted by Gasteiger charge is 2.32. The van der Waals surface area contributed by atoms with Gasteiger partial charge in [-0.15, -0.1) is 0 Å². The van der Waals surface area contributed by atoms with Crippen LogP contribution in [0.3, 0.4) is 0 Å². The Balaban J connectivity index is 1.71. The molecule has 0 aromatic carbocycles. The van der Waals surface area contributed by atoms with Gasteiger partial charge in [0.25, 0.3) is 5.91 Å². The molecule has 2 aromatic heterocycles. The van der Waals surface area contributed by atoms with E-state index in [1.54, 1.807) is 24.7 Å². The zero-order valence-corrected chi connectivity index (χ0v) is 17.5. The third-order valence-electron chi connectivity index (χ3n) is 5.72. The third-order valence-corrected chi connectivity index (χ3v) is 5.72. The topological polar surface area (TPSA) is 55.8 Å². The van der Waals surface area contributed by atoms with E-state index in [4.69, 9.17) is 13.6 Å². The number of rotatable bonds is 8. The van der Waals surface area contributed by atoms with Gasteiger partial charge in [-0.3, -0.25) is 4.79 Å². The van der Waals surface area contributed by atoms with Gasteiger partial charge in [0.05, 0.1) is 18.1 Å². The molecule has 1 aliphatic heterocycles. The van der Waals surface area contributed by atoms with Crippen LogP contribution in [0, 0.1) is 11.8 Å². The molecule has 2 aromatic rings. The molecule has 1 saturated heterocycles. The summed E-state index contributed by atoms with van der Waals surface area (Å²) in [6, 6.07) is 7.48. The number of hydrogen-bond donors (Lipinski definition) is 0. The molecule has 0 N–H and O–H groups in total. The van der Waals surface area contributed by atoms with Crippen molar-refractivity contribution in [3.8, 4) is 0 Å². The average Bonchev–Trinajstić information content (AvgIpc) is 3.33. The lowest BCUT2D eigenvalue weighted by atomic mass is 9.87. The lowest BCUT2D eigenvalue weighted by Gasteiger charge is -2.38. The molecule has 0 radical (unpaired) electrons. The van der Waals surface area contributed by atoms with Crippen molar-refractivity contribution in [2.24, 2.45) is 11.8 Å². The monoisotopic (exact) mass is 387 g/mol. The van der Waals surface area contributed by atoms with Gasteiger partial charge < -0.3 is 18.5 Å². The van der Waals surface area contributed by atoms with Crippen molar-refractivity contribution in [2.75, 3.05) is 19.7 Å². The Morgan fingerprint density at radius 1 is 1.21 bits per heavy atom. The lowest BCUT2D eigenvalue weighted by Crippen LogP contribution is -2.42. The van der Waals surface area contributed by atoms with Crippen LogP contribution in [0.15, 0.2) is 45.6 Å². The standard InChI is InChI=1S/C23H33NO4/c1-17(2)19(20-7-5-12-26-20)9-11-24(22(25)21-8-6-13-27-21)16-18-10-14-28-23(3,4)15-18/h5-8,12-13,17-19H,9-11,14-16H2,1-4H3/t18-,19-/m0/s1. The number of furan rings is 2. The van der Waals surface area contributed by atoms with Crippen molar-refractivity contribution in [3.63, 3.8) is 0 Å². The number of carbonyl (C=O) groups excluding carboxylic acids is 1. The van der Waals surface area contributed by atoms with E-state index in [0.717, 1.165) is 38.2 Å². The molecule has 154 valence electrons. The molecular weight excluding hydrogens is 354 g/mol. The van der Waals surface area contributed by atoms with E-state index in [1.165, 1.54) is 0 Å². The highest BCUT2D eigenvalue weighted by Crippen LogP contribution is 2.31. The second-order valence-corrected chi connectivity index (χ2v) is 8.85. The number of ether oxygens (including phenoxy) is 1. The fraction of sp³-hybridized carbons (Fsp3) is 0.609. The maximum atomic E-state index is 13.1. The maximum Gasteiger partial charge on any atom is 0.289 e. The van der Waals surface area contributed by atoms with Crippen LogP contribution in [-0.4, -0.2) is 36.1 Å². The zero-order chi connectivity index (χ0) is 20.1. The first kappa shape index (κ1) is 20.7. The molecule has 1 fully saturated rings. The minimum Gasteiger partial charge on any atom is -0.469 e. The lowest BCUT2D eigenvalue weighted by molar-refractivity contribution is -0.0758. The minimum atomic E-state index is -0.128. The first-order valence-electron chi connectivity index (χ1n) is 10.4. The quantitative estimate of drug-likeness (QED) is 0.613. The number of nitrogens with zero attached hydrogens (tertiary/aromatic N) is 1. The summed E-state index contributed by atoms with van der Waals surface area (Å²) >= 11 is 0. The first-order valence-corrected chi connectivity index (χ1v) is 10.4. The molecule has 0 saturated carbocycles. The molecule has 0 aliphatic carbocycles. The van der Waals surface area contributed by atoms with Gasteiger partial charge in [0.2, 0.25) is 0 Å². The Hall–Kier alpha value is -2.01. The summed E-state index contributed by atoms with van der Waals surface area (Å²) in [5.74, 6) is 2.53. The highest BCUT2D eigenvalue weighted by atomic mass is 16.5. The first-order chi connectivity index (χ1) is 13.4. The number of carbonyl (C=O) groups is 1. The fourth-order valence-electron chi connectivity index (χ4n) is 4.26. The smallest absolute Gasteiger partial charge is 0.289 e. The van der Waals surface area contributed by atoms with Crippen molar-refractivity contribution < 1.29 is 18.4 Å². The van der Waals surface area contributed by atoms with E-state index < -0.39 is 0 Å². The van der Waals surface area contributed by atoms with E-state index in [2.05, 4.69) is 27.7 Å². The highest BCUT2D eigenvalue weighted by molar-refractivity contribution is 5.91. The molecule has 2 atom stereocenters. The summed E-state index contributed by atoms with van der Waals surface area (Å²) in [6.07, 6.45) is 6.09. The van der Waals surface area contributed by atoms with E-state index in [0.29, 0.717) is 24.1 Å². The second-order valence-electron chi connectivity index (χ2n) is 8.85. The number of amides is 1. The summed E-state index contributed by atoms with van der Waals surface area (Å²) in [5, 5.41) is 0. The Morgan fingerprint density at radius 2 is 1.96 bits per heavy atom. The predicted octanol–water partition coefficient (Wildman–Crippen LogP) is 5.35. The van der Waals surface area contributed by atoms with Crippen LogP contribution in [0.25, 0.3) is 0 Å². The van der Waals surface area contributed by atoms with Crippen LogP contribution < -0.4 is 0 Å². The van der Waals surface area contributed by atoms with Crippen molar-refractivity contribution in [3.05, 3.63) is 48.3 Å². The van der Waals surface area contributed by atoms with Crippen LogP contribution >= 0.6 is 0 Å². The average molecular weight is 388 g/mol. The molecule has 0 unspecified atom stereocenters. The van der Waals surface area contributed by atoms with Gasteiger partial charge in [-0.25, -0.2) is 0 Å². The van der Waals surface area contributed by atoms with Gasteiger partial charge in [-0.2, -0.15) is 0 Å². The largest absolute Gasteiger partial charge is 0.469 e. The Kier molecular flexibility index (Phi) is 6.65. The summed E-state index contributed by atoms with van der Waals surface area (Å²) in [4.78, 5) is 15.0. The van der Waals surface area contributed by atoms with E-state index in [1.807, 2.05) is 17.0 Å². The molecule has 3 heterocycles. The van der Waals surface area contributed by atoms with Crippen molar-refractivity contribution in [1.29, 1.82) is 0 Å². The van der Waals surface area contributed by atoms with E-state index in [9.17, 15) is 4.79 Å². The normalized spacial score (nSPS) is 20.2. The van der Waals surface area contributed by atoms with Gasteiger partial charge in [0.15, 0.2) is 5.76 Å². The molecule has 28 heavy (non-hydrogen) atoms. The third kappa shape index (κ3) is 5.28. The molecule has 0 bridgehead atoms. The summed E-state index contributed by atoms with van der Waals surface area (Å²) in [7, 11) is 0. The second kappa shape index (κ2) is 8.99. The van der Waals surface area contributed by atoms with Crippen molar-refractivity contribution >= 4 is 5.91 Å². The zero-order valence-electron chi connectivity index (χ0n) is 17.5. The van der Waals surface area contributed by atoms with Crippen LogP contribution in [0.4, 0.5) is 0 Å². The van der Waals surface area contributed by atoms with Gasteiger partial charge in [-0.05, 0) is 69.2 Å². The molecular formula is C23H33NO4. The Labute approximate surface area is 168 Å². The maximum absolute atomic E-state index is 13.1. The van der Waals surface area contributed by atoms with E-state index >= 15 is 0 Å².